The predicted molar refractivity (Wildman–Crippen MR) is 59.3 cm³/mol. The van der Waals surface area contributed by atoms with Crippen molar-refractivity contribution < 1.29 is 14.6 Å². The van der Waals surface area contributed by atoms with Crippen molar-refractivity contribution in [1.29, 1.82) is 0 Å². The molecule has 0 aliphatic rings. The molecule has 0 aromatic carbocycles. The van der Waals surface area contributed by atoms with Crippen molar-refractivity contribution in [3.63, 3.8) is 0 Å². The molecule has 90 valence electrons. The molecule has 1 unspecified atom stereocenters. The number of nitrogens with zero attached hydrogens (tertiary/aromatic N) is 2. The van der Waals surface area contributed by atoms with Gasteiger partial charge in [0.15, 0.2) is 0 Å². The van der Waals surface area contributed by atoms with Crippen LogP contribution in [0.2, 0.25) is 0 Å². The lowest BCUT2D eigenvalue weighted by Crippen LogP contribution is -2.12. The van der Waals surface area contributed by atoms with Crippen LogP contribution in [-0.2, 0) is 18.4 Å². The molecule has 1 aromatic rings. The number of aryl methyl sites for hydroxylation is 1. The maximum Gasteiger partial charge on any atom is 0.339 e. The first kappa shape index (κ1) is 12.7. The number of carboxylic acids is 1. The van der Waals surface area contributed by atoms with E-state index in [1.807, 2.05) is 6.92 Å². The Morgan fingerprint density at radius 1 is 1.69 bits per heavy atom. The van der Waals surface area contributed by atoms with Gasteiger partial charge in [-0.25, -0.2) is 4.79 Å². The smallest absolute Gasteiger partial charge is 0.339 e. The van der Waals surface area contributed by atoms with E-state index in [2.05, 4.69) is 12.0 Å². The first-order valence-corrected chi connectivity index (χ1v) is 5.42. The van der Waals surface area contributed by atoms with Crippen molar-refractivity contribution in [2.24, 2.45) is 7.05 Å². The van der Waals surface area contributed by atoms with Crippen LogP contribution in [0.4, 0.5) is 0 Å². The molecule has 0 spiro atoms. The minimum absolute atomic E-state index is 0.140. The van der Waals surface area contributed by atoms with Crippen LogP contribution in [0.5, 0.6) is 0 Å². The van der Waals surface area contributed by atoms with Gasteiger partial charge in [0.05, 0.1) is 24.6 Å². The van der Waals surface area contributed by atoms with E-state index in [-0.39, 0.29) is 11.7 Å². The van der Waals surface area contributed by atoms with E-state index < -0.39 is 5.97 Å². The average Bonchev–Trinajstić information content (AvgIpc) is 2.57. The highest BCUT2D eigenvalue weighted by atomic mass is 16.5. The predicted octanol–water partition coefficient (Wildman–Crippen LogP) is 1.82. The maximum absolute atomic E-state index is 10.9. The summed E-state index contributed by atoms with van der Waals surface area (Å²) >= 11 is 0. The van der Waals surface area contributed by atoms with Gasteiger partial charge < -0.3 is 9.84 Å². The van der Waals surface area contributed by atoms with Gasteiger partial charge >= 0.3 is 5.97 Å². The minimum Gasteiger partial charge on any atom is -0.478 e. The summed E-state index contributed by atoms with van der Waals surface area (Å²) in [5.41, 5.74) is 0.821. The quantitative estimate of drug-likeness (QED) is 0.803. The Morgan fingerprint density at radius 3 is 2.94 bits per heavy atom. The summed E-state index contributed by atoms with van der Waals surface area (Å²) in [7, 11) is 1.72. The molecular weight excluding hydrogens is 208 g/mol. The van der Waals surface area contributed by atoms with Gasteiger partial charge in [-0.1, -0.05) is 13.3 Å². The summed E-state index contributed by atoms with van der Waals surface area (Å²) in [5.74, 6) is -0.963. The molecule has 5 heteroatoms. The van der Waals surface area contributed by atoms with Crippen LogP contribution in [0.25, 0.3) is 0 Å². The van der Waals surface area contributed by atoms with Crippen LogP contribution >= 0.6 is 0 Å². The van der Waals surface area contributed by atoms with Crippen LogP contribution in [0.1, 0.15) is 42.7 Å². The number of hydrogen-bond donors (Lipinski definition) is 1. The molecule has 0 amide bonds. The molecule has 1 rings (SSSR count). The fourth-order valence-corrected chi connectivity index (χ4v) is 1.52. The van der Waals surface area contributed by atoms with Gasteiger partial charge in [0.25, 0.3) is 0 Å². The molecule has 0 bridgehead atoms. The van der Waals surface area contributed by atoms with E-state index in [9.17, 15) is 4.79 Å². The maximum atomic E-state index is 10.9. The number of carboxylic acid groups (broad SMARTS) is 1. The number of hydrogen-bond acceptors (Lipinski definition) is 3. The van der Waals surface area contributed by atoms with Gasteiger partial charge in [-0.2, -0.15) is 5.10 Å². The summed E-state index contributed by atoms with van der Waals surface area (Å²) in [6, 6.07) is 0. The Bertz CT molecular complexity index is 360. The van der Waals surface area contributed by atoms with Gasteiger partial charge in [0.1, 0.15) is 5.56 Å². The highest BCUT2D eigenvalue weighted by Crippen LogP contribution is 2.11. The van der Waals surface area contributed by atoms with Gasteiger partial charge in [-0.05, 0) is 13.3 Å². The van der Waals surface area contributed by atoms with Crippen molar-refractivity contribution >= 4 is 5.97 Å². The molecule has 0 saturated carbocycles. The zero-order valence-electron chi connectivity index (χ0n) is 9.93. The van der Waals surface area contributed by atoms with E-state index in [1.54, 1.807) is 11.7 Å². The SMILES string of the molecule is CCCC(C)OCc1c(C(=O)O)cnn1C. The van der Waals surface area contributed by atoms with Crippen LogP contribution in [-0.4, -0.2) is 27.0 Å². The lowest BCUT2D eigenvalue weighted by Gasteiger charge is -2.12. The molecule has 1 aromatic heterocycles. The van der Waals surface area contributed by atoms with E-state index in [1.165, 1.54) is 6.20 Å². The molecule has 0 radical (unpaired) electrons. The van der Waals surface area contributed by atoms with Crippen molar-refractivity contribution in [2.75, 3.05) is 0 Å². The topological polar surface area (TPSA) is 64.3 Å². The zero-order chi connectivity index (χ0) is 12.1. The summed E-state index contributed by atoms with van der Waals surface area (Å²) < 4.78 is 7.12. The Morgan fingerprint density at radius 2 is 2.38 bits per heavy atom. The first-order valence-electron chi connectivity index (χ1n) is 5.42. The second-order valence-corrected chi connectivity index (χ2v) is 3.84. The first-order chi connectivity index (χ1) is 7.56. The van der Waals surface area contributed by atoms with E-state index in [4.69, 9.17) is 9.84 Å². The minimum atomic E-state index is -0.963. The third kappa shape index (κ3) is 3.06. The van der Waals surface area contributed by atoms with Crippen molar-refractivity contribution in [3.8, 4) is 0 Å². The lowest BCUT2D eigenvalue weighted by atomic mass is 10.2. The third-order valence-corrected chi connectivity index (χ3v) is 2.49. The fraction of sp³-hybridized carbons (Fsp3) is 0.636. The summed E-state index contributed by atoms with van der Waals surface area (Å²) in [5, 5.41) is 12.9. The summed E-state index contributed by atoms with van der Waals surface area (Å²) in [4.78, 5) is 10.9. The van der Waals surface area contributed by atoms with Crippen LogP contribution < -0.4 is 0 Å². The second-order valence-electron chi connectivity index (χ2n) is 3.84. The van der Waals surface area contributed by atoms with Gasteiger partial charge in [0, 0.05) is 7.05 Å². The van der Waals surface area contributed by atoms with E-state index in [0.29, 0.717) is 12.3 Å². The lowest BCUT2D eigenvalue weighted by molar-refractivity contribution is 0.0419. The number of aromatic nitrogens is 2. The average molecular weight is 226 g/mol. The zero-order valence-corrected chi connectivity index (χ0v) is 9.93. The van der Waals surface area contributed by atoms with E-state index >= 15 is 0 Å². The Balaban J connectivity index is 2.65. The Hall–Kier alpha value is -1.36. The summed E-state index contributed by atoms with van der Waals surface area (Å²) in [6.07, 6.45) is 3.52. The fourth-order valence-electron chi connectivity index (χ4n) is 1.52. The van der Waals surface area contributed by atoms with Crippen molar-refractivity contribution in [1.82, 2.24) is 9.78 Å². The molecule has 5 nitrogen and oxygen atoms in total. The molecule has 1 atom stereocenters. The van der Waals surface area contributed by atoms with Crippen LogP contribution in [0.15, 0.2) is 6.20 Å². The molecular formula is C11H18N2O3. The van der Waals surface area contributed by atoms with Crippen LogP contribution in [0, 0.1) is 0 Å². The van der Waals surface area contributed by atoms with Gasteiger partial charge in [-0.3, -0.25) is 4.68 Å². The Labute approximate surface area is 95.0 Å². The largest absolute Gasteiger partial charge is 0.478 e. The van der Waals surface area contributed by atoms with Crippen LogP contribution in [0.3, 0.4) is 0 Å². The molecule has 0 aliphatic heterocycles. The standard InChI is InChI=1S/C11H18N2O3/c1-4-5-8(2)16-7-10-9(11(14)15)6-12-13(10)3/h6,8H,4-5,7H2,1-3H3,(H,14,15). The van der Waals surface area contributed by atoms with Crippen molar-refractivity contribution in [2.45, 2.75) is 39.4 Å². The number of rotatable bonds is 6. The van der Waals surface area contributed by atoms with Gasteiger partial charge in [0.2, 0.25) is 0 Å². The highest BCUT2D eigenvalue weighted by Gasteiger charge is 2.15. The number of carbonyl (C=O) groups is 1. The molecule has 1 heterocycles. The highest BCUT2D eigenvalue weighted by molar-refractivity contribution is 5.88. The molecule has 0 fully saturated rings. The van der Waals surface area contributed by atoms with Gasteiger partial charge in [-0.15, -0.1) is 0 Å². The second kappa shape index (κ2) is 5.65. The summed E-state index contributed by atoms with van der Waals surface area (Å²) in [6.45, 7) is 4.37. The van der Waals surface area contributed by atoms with E-state index in [0.717, 1.165) is 12.8 Å². The normalized spacial score (nSPS) is 12.7. The third-order valence-electron chi connectivity index (χ3n) is 2.49. The molecule has 16 heavy (non-hydrogen) atoms. The van der Waals surface area contributed by atoms with Crippen molar-refractivity contribution in [3.05, 3.63) is 17.5 Å². The number of aromatic carboxylic acids is 1. The molecule has 0 saturated heterocycles. The molecule has 1 N–H and O–H groups in total. The molecule has 0 aliphatic carbocycles. The Kier molecular flexibility index (Phi) is 4.49. The monoisotopic (exact) mass is 226 g/mol. The number of ether oxygens (including phenoxy) is 1.